The first kappa shape index (κ1) is 17.7. The van der Waals surface area contributed by atoms with E-state index in [9.17, 15) is 9.59 Å². The third-order valence-electron chi connectivity index (χ3n) is 5.20. The molecule has 2 aliphatic rings. The summed E-state index contributed by atoms with van der Waals surface area (Å²) in [5, 5.41) is 5.64. The van der Waals surface area contributed by atoms with Crippen LogP contribution in [0.3, 0.4) is 0 Å². The Morgan fingerprint density at radius 2 is 2.27 bits per heavy atom. The molecule has 0 bridgehead atoms. The highest BCUT2D eigenvalue weighted by Gasteiger charge is 2.34. The number of nitrogens with one attached hydrogen (secondary N) is 1. The van der Waals surface area contributed by atoms with Crippen molar-refractivity contribution in [2.45, 2.75) is 51.5 Å². The van der Waals surface area contributed by atoms with Crippen LogP contribution in [0.4, 0.5) is 5.13 Å². The molecule has 2 amide bonds. The summed E-state index contributed by atoms with van der Waals surface area (Å²) in [6, 6.07) is 3.55. The molecule has 1 aliphatic heterocycles. The lowest BCUT2D eigenvalue weighted by atomic mass is 9.93. The van der Waals surface area contributed by atoms with Crippen molar-refractivity contribution < 1.29 is 9.59 Å². The highest BCUT2D eigenvalue weighted by molar-refractivity contribution is 7.15. The molecule has 4 rings (SSSR count). The smallest absolute Gasteiger partial charge is 0.248 e. The van der Waals surface area contributed by atoms with E-state index in [1.54, 1.807) is 27.6 Å². The topological polar surface area (TPSA) is 62.3 Å². The van der Waals surface area contributed by atoms with Crippen LogP contribution in [-0.2, 0) is 28.9 Å². The Hall–Kier alpha value is -1.73. The molecule has 1 fully saturated rings. The number of thiophene rings is 1. The molecule has 2 aromatic heterocycles. The van der Waals surface area contributed by atoms with Gasteiger partial charge in [-0.05, 0) is 49.5 Å². The number of carbonyl (C=O) groups excluding carboxylic acids is 2. The molecule has 0 aromatic carbocycles. The molecule has 1 saturated heterocycles. The van der Waals surface area contributed by atoms with Gasteiger partial charge in [0.25, 0.3) is 0 Å². The summed E-state index contributed by atoms with van der Waals surface area (Å²) in [5.74, 6) is 0.630. The van der Waals surface area contributed by atoms with Crippen molar-refractivity contribution >= 4 is 39.6 Å². The number of anilines is 1. The van der Waals surface area contributed by atoms with Gasteiger partial charge in [0.05, 0.1) is 12.1 Å². The van der Waals surface area contributed by atoms with Crippen LogP contribution in [0.5, 0.6) is 0 Å². The first-order valence-corrected chi connectivity index (χ1v) is 10.9. The van der Waals surface area contributed by atoms with E-state index in [0.29, 0.717) is 24.0 Å². The van der Waals surface area contributed by atoms with Crippen molar-refractivity contribution in [3.63, 3.8) is 0 Å². The molecule has 0 saturated carbocycles. The second-order valence-electron chi connectivity index (χ2n) is 7.23. The number of nitrogens with zero attached hydrogens (tertiary/aromatic N) is 2. The van der Waals surface area contributed by atoms with Gasteiger partial charge in [0.1, 0.15) is 6.04 Å². The van der Waals surface area contributed by atoms with Crippen molar-refractivity contribution in [1.82, 2.24) is 9.88 Å². The molecular formula is C19H23N3O2S2. The zero-order valence-electron chi connectivity index (χ0n) is 14.9. The number of thiazole rings is 1. The Morgan fingerprint density at radius 3 is 3.08 bits per heavy atom. The lowest BCUT2D eigenvalue weighted by Crippen LogP contribution is -2.43. The summed E-state index contributed by atoms with van der Waals surface area (Å²) in [4.78, 5) is 34.1. The van der Waals surface area contributed by atoms with E-state index in [4.69, 9.17) is 0 Å². The molecule has 5 nitrogen and oxygen atoms in total. The van der Waals surface area contributed by atoms with Crippen LogP contribution in [0.15, 0.2) is 17.5 Å². The Morgan fingerprint density at radius 1 is 1.38 bits per heavy atom. The van der Waals surface area contributed by atoms with Crippen LogP contribution >= 0.6 is 22.7 Å². The second-order valence-corrected chi connectivity index (χ2v) is 9.34. The van der Waals surface area contributed by atoms with Crippen LogP contribution in [0.2, 0.25) is 0 Å². The van der Waals surface area contributed by atoms with E-state index in [2.05, 4.69) is 17.2 Å². The molecule has 138 valence electrons. The van der Waals surface area contributed by atoms with Gasteiger partial charge in [-0.3, -0.25) is 9.59 Å². The number of aromatic nitrogens is 1. The minimum Gasteiger partial charge on any atom is -0.330 e. The van der Waals surface area contributed by atoms with Crippen molar-refractivity contribution in [1.29, 1.82) is 0 Å². The fourth-order valence-corrected chi connectivity index (χ4v) is 5.65. The monoisotopic (exact) mass is 389 g/mol. The fraction of sp³-hybridized carbons (Fsp3) is 0.526. The lowest BCUT2D eigenvalue weighted by molar-refractivity contribution is -0.136. The van der Waals surface area contributed by atoms with E-state index >= 15 is 0 Å². The highest BCUT2D eigenvalue weighted by Crippen LogP contribution is 2.32. The maximum Gasteiger partial charge on any atom is 0.248 e. The lowest BCUT2D eigenvalue weighted by Gasteiger charge is -2.23. The van der Waals surface area contributed by atoms with E-state index in [1.807, 2.05) is 17.5 Å². The number of hydrogen-bond donors (Lipinski definition) is 1. The summed E-state index contributed by atoms with van der Waals surface area (Å²) in [6.07, 6.45) is 5.20. The van der Waals surface area contributed by atoms with Gasteiger partial charge in [0.2, 0.25) is 11.8 Å². The summed E-state index contributed by atoms with van der Waals surface area (Å²) < 4.78 is 0. The van der Waals surface area contributed by atoms with Gasteiger partial charge in [-0.15, -0.1) is 22.7 Å². The van der Waals surface area contributed by atoms with Crippen molar-refractivity contribution in [2.24, 2.45) is 5.92 Å². The summed E-state index contributed by atoms with van der Waals surface area (Å²) >= 11 is 3.18. The third kappa shape index (κ3) is 3.69. The van der Waals surface area contributed by atoms with E-state index in [0.717, 1.165) is 42.7 Å². The number of rotatable bonds is 4. The van der Waals surface area contributed by atoms with Crippen molar-refractivity contribution in [3.05, 3.63) is 33.0 Å². The zero-order valence-corrected chi connectivity index (χ0v) is 16.5. The predicted octanol–water partition coefficient (Wildman–Crippen LogP) is 3.50. The number of hydrogen-bond acceptors (Lipinski definition) is 5. The van der Waals surface area contributed by atoms with Gasteiger partial charge >= 0.3 is 0 Å². The third-order valence-corrected chi connectivity index (χ3v) is 7.11. The standard InChI is InChI=1S/C19H23N3O2S2/c1-12-6-7-14-16(10-12)26-19(20-14)21-18(24)15-5-2-8-22(15)17(23)11-13-4-3-9-25-13/h3-4,9,12,15H,2,5-8,10-11H2,1H3,(H,20,21,24)/t12-,15+/m1/s1. The average molecular weight is 390 g/mol. The Balaban J connectivity index is 1.41. The average Bonchev–Trinajstić information content (AvgIpc) is 3.34. The second kappa shape index (κ2) is 7.48. The van der Waals surface area contributed by atoms with Gasteiger partial charge in [-0.2, -0.15) is 0 Å². The van der Waals surface area contributed by atoms with Gasteiger partial charge < -0.3 is 10.2 Å². The van der Waals surface area contributed by atoms with E-state index in [1.165, 1.54) is 4.88 Å². The Kier molecular flexibility index (Phi) is 5.09. The molecule has 2 aromatic rings. The molecule has 26 heavy (non-hydrogen) atoms. The van der Waals surface area contributed by atoms with Gasteiger partial charge in [0, 0.05) is 16.3 Å². The van der Waals surface area contributed by atoms with Crippen LogP contribution in [0.25, 0.3) is 0 Å². The molecule has 2 atom stereocenters. The van der Waals surface area contributed by atoms with Crippen molar-refractivity contribution in [3.8, 4) is 0 Å². The number of amides is 2. The number of fused-ring (bicyclic) bond motifs is 1. The van der Waals surface area contributed by atoms with E-state index < -0.39 is 0 Å². The van der Waals surface area contributed by atoms with Crippen LogP contribution < -0.4 is 5.32 Å². The summed E-state index contributed by atoms with van der Waals surface area (Å²) in [6.45, 7) is 2.92. The first-order valence-electron chi connectivity index (χ1n) is 9.21. The van der Waals surface area contributed by atoms with Crippen molar-refractivity contribution in [2.75, 3.05) is 11.9 Å². The zero-order chi connectivity index (χ0) is 18.1. The molecule has 7 heteroatoms. The highest BCUT2D eigenvalue weighted by atomic mass is 32.1. The summed E-state index contributed by atoms with van der Waals surface area (Å²) in [7, 11) is 0. The Bertz CT molecular complexity index is 800. The molecule has 0 spiro atoms. The van der Waals surface area contributed by atoms with E-state index in [-0.39, 0.29) is 17.9 Å². The summed E-state index contributed by atoms with van der Waals surface area (Å²) in [5.41, 5.74) is 1.14. The molecule has 0 radical (unpaired) electrons. The molecule has 3 heterocycles. The molecule has 1 aliphatic carbocycles. The van der Waals surface area contributed by atoms with Crippen LogP contribution in [0.1, 0.15) is 41.6 Å². The normalized spacial score (nSPS) is 22.3. The number of likely N-dealkylation sites (tertiary alicyclic amines) is 1. The van der Waals surface area contributed by atoms with Gasteiger partial charge in [-0.1, -0.05) is 13.0 Å². The maximum atomic E-state index is 12.8. The predicted molar refractivity (Wildman–Crippen MR) is 105 cm³/mol. The number of aryl methyl sites for hydroxylation is 1. The largest absolute Gasteiger partial charge is 0.330 e. The SMILES string of the molecule is C[C@@H]1CCc2nc(NC(=O)[C@@H]3CCCN3C(=O)Cc3cccs3)sc2C1. The molecule has 0 unspecified atom stereocenters. The van der Waals surface area contributed by atoms with Gasteiger partial charge in [0.15, 0.2) is 5.13 Å². The van der Waals surface area contributed by atoms with Crippen LogP contribution in [0, 0.1) is 5.92 Å². The Labute approximate surface area is 161 Å². The molecule has 1 N–H and O–H groups in total. The fourth-order valence-electron chi connectivity index (χ4n) is 3.78. The minimum absolute atomic E-state index is 0.0392. The first-order chi connectivity index (χ1) is 12.6. The minimum atomic E-state index is -0.373. The molecular weight excluding hydrogens is 366 g/mol. The maximum absolute atomic E-state index is 12.8. The van der Waals surface area contributed by atoms with Crippen LogP contribution in [-0.4, -0.2) is 34.3 Å². The quantitative estimate of drug-likeness (QED) is 0.870. The number of carbonyl (C=O) groups is 2. The van der Waals surface area contributed by atoms with Gasteiger partial charge in [-0.25, -0.2) is 4.98 Å².